The van der Waals surface area contributed by atoms with Crippen LogP contribution in [-0.4, -0.2) is 33.3 Å². The number of benzene rings is 1. The van der Waals surface area contributed by atoms with Gasteiger partial charge in [0.15, 0.2) is 0 Å². The van der Waals surface area contributed by atoms with Crippen LogP contribution in [0.3, 0.4) is 0 Å². The SMILES string of the molecule is CC(C)(C)OC(=O)N1CCC[C@H]1c1nc(-c2ccc(Br)c(C(F)(F)F)c2)no1. The van der Waals surface area contributed by atoms with E-state index in [1.165, 1.54) is 17.0 Å². The zero-order valence-electron chi connectivity index (χ0n) is 15.5. The summed E-state index contributed by atoms with van der Waals surface area (Å²) in [5.41, 5.74) is -1.30. The Bertz CT molecular complexity index is 877. The molecule has 0 N–H and O–H groups in total. The van der Waals surface area contributed by atoms with Crippen LogP contribution >= 0.6 is 15.9 Å². The fraction of sp³-hybridized carbons (Fsp3) is 0.500. The van der Waals surface area contributed by atoms with Crippen LogP contribution in [0.15, 0.2) is 27.2 Å². The molecule has 3 rings (SSSR count). The van der Waals surface area contributed by atoms with Gasteiger partial charge < -0.3 is 9.26 Å². The molecule has 1 atom stereocenters. The van der Waals surface area contributed by atoms with Crippen LogP contribution in [0.25, 0.3) is 11.4 Å². The highest BCUT2D eigenvalue weighted by molar-refractivity contribution is 9.10. The molecular weight excluding hydrogens is 443 g/mol. The van der Waals surface area contributed by atoms with Crippen molar-refractivity contribution in [1.29, 1.82) is 0 Å². The van der Waals surface area contributed by atoms with Crippen LogP contribution in [0.1, 0.15) is 51.1 Å². The van der Waals surface area contributed by atoms with Crippen LogP contribution in [0.5, 0.6) is 0 Å². The van der Waals surface area contributed by atoms with Crippen LogP contribution in [0.2, 0.25) is 0 Å². The molecular formula is C18H19BrF3N3O3. The van der Waals surface area contributed by atoms with E-state index in [2.05, 4.69) is 26.1 Å². The summed E-state index contributed by atoms with van der Waals surface area (Å²) in [4.78, 5) is 18.1. The number of hydrogen-bond acceptors (Lipinski definition) is 5. The van der Waals surface area contributed by atoms with Crippen LogP contribution in [0, 0.1) is 0 Å². The number of ether oxygens (including phenoxy) is 1. The second-order valence-corrected chi connectivity index (χ2v) is 8.33. The molecule has 0 radical (unpaired) electrons. The number of rotatable bonds is 2. The molecule has 2 heterocycles. The maximum absolute atomic E-state index is 13.1. The van der Waals surface area contributed by atoms with Crippen molar-refractivity contribution >= 4 is 22.0 Å². The minimum Gasteiger partial charge on any atom is -0.444 e. The number of halogens is 4. The number of carbonyl (C=O) groups excluding carboxylic acids is 1. The predicted molar refractivity (Wildman–Crippen MR) is 97.4 cm³/mol. The third kappa shape index (κ3) is 4.48. The zero-order valence-corrected chi connectivity index (χ0v) is 17.1. The first-order valence-electron chi connectivity index (χ1n) is 8.66. The number of alkyl halides is 3. The van der Waals surface area contributed by atoms with E-state index in [9.17, 15) is 18.0 Å². The molecule has 1 aliphatic rings. The summed E-state index contributed by atoms with van der Waals surface area (Å²) < 4.78 is 49.9. The van der Waals surface area contributed by atoms with Crippen LogP contribution in [0.4, 0.5) is 18.0 Å². The van der Waals surface area contributed by atoms with E-state index in [-0.39, 0.29) is 21.8 Å². The van der Waals surface area contributed by atoms with Gasteiger partial charge >= 0.3 is 12.3 Å². The molecule has 1 fully saturated rings. The normalized spacial score (nSPS) is 17.8. The van der Waals surface area contributed by atoms with Crippen molar-refractivity contribution < 1.29 is 27.2 Å². The maximum Gasteiger partial charge on any atom is 0.417 e. The van der Waals surface area contributed by atoms with E-state index in [0.29, 0.717) is 13.0 Å². The highest BCUT2D eigenvalue weighted by Gasteiger charge is 2.37. The van der Waals surface area contributed by atoms with Crippen molar-refractivity contribution in [3.05, 3.63) is 34.1 Å². The second kappa shape index (κ2) is 7.38. The van der Waals surface area contributed by atoms with Crippen LogP contribution < -0.4 is 0 Å². The van der Waals surface area contributed by atoms with Gasteiger partial charge in [-0.1, -0.05) is 21.1 Å². The number of likely N-dealkylation sites (tertiary alicyclic amines) is 1. The van der Waals surface area contributed by atoms with E-state index in [4.69, 9.17) is 9.26 Å². The quantitative estimate of drug-likeness (QED) is 0.582. The van der Waals surface area contributed by atoms with Gasteiger partial charge in [0.05, 0.1) is 5.56 Å². The highest BCUT2D eigenvalue weighted by atomic mass is 79.9. The maximum atomic E-state index is 13.1. The smallest absolute Gasteiger partial charge is 0.417 e. The van der Waals surface area contributed by atoms with Gasteiger partial charge in [-0.15, -0.1) is 0 Å². The van der Waals surface area contributed by atoms with Gasteiger partial charge in [-0.25, -0.2) is 4.79 Å². The van der Waals surface area contributed by atoms with Crippen molar-refractivity contribution in [3.63, 3.8) is 0 Å². The summed E-state index contributed by atoms with van der Waals surface area (Å²) in [5, 5.41) is 3.80. The summed E-state index contributed by atoms with van der Waals surface area (Å²) in [6.07, 6.45) is -3.66. The third-order valence-corrected chi connectivity index (χ3v) is 4.83. The van der Waals surface area contributed by atoms with E-state index < -0.39 is 29.5 Å². The average Bonchev–Trinajstić information content (AvgIpc) is 3.21. The van der Waals surface area contributed by atoms with E-state index in [1.54, 1.807) is 20.8 Å². The first-order chi connectivity index (χ1) is 13.0. The van der Waals surface area contributed by atoms with Crippen molar-refractivity contribution in [3.8, 4) is 11.4 Å². The minimum absolute atomic E-state index is 0.0315. The molecule has 0 bridgehead atoms. The molecule has 1 amide bonds. The Morgan fingerprint density at radius 2 is 2.04 bits per heavy atom. The summed E-state index contributed by atoms with van der Waals surface area (Å²) in [6, 6.07) is 3.25. The monoisotopic (exact) mass is 461 g/mol. The summed E-state index contributed by atoms with van der Waals surface area (Å²) in [7, 11) is 0. The van der Waals surface area contributed by atoms with E-state index in [1.807, 2.05) is 0 Å². The molecule has 152 valence electrons. The summed E-state index contributed by atoms with van der Waals surface area (Å²) >= 11 is 2.90. The predicted octanol–water partition coefficient (Wildman–Crippen LogP) is 5.59. The molecule has 1 saturated heterocycles. The average molecular weight is 462 g/mol. The second-order valence-electron chi connectivity index (χ2n) is 7.48. The molecule has 0 spiro atoms. The fourth-order valence-electron chi connectivity index (χ4n) is 2.93. The van der Waals surface area contributed by atoms with E-state index in [0.717, 1.165) is 12.5 Å². The Labute approximate surface area is 168 Å². The minimum atomic E-state index is -4.51. The Kier molecular flexibility index (Phi) is 5.44. The topological polar surface area (TPSA) is 68.5 Å². The van der Waals surface area contributed by atoms with Gasteiger partial charge in [0.1, 0.15) is 11.6 Å². The number of aromatic nitrogens is 2. The summed E-state index contributed by atoms with van der Waals surface area (Å²) in [6.45, 7) is 5.79. The van der Waals surface area contributed by atoms with Gasteiger partial charge in [-0.05, 0) is 51.8 Å². The lowest BCUT2D eigenvalue weighted by Gasteiger charge is -2.26. The lowest BCUT2D eigenvalue weighted by Crippen LogP contribution is -2.36. The molecule has 0 aliphatic carbocycles. The molecule has 10 heteroatoms. The standard InChI is InChI=1S/C18H19BrF3N3O3/c1-17(2,3)27-16(26)25-8-4-5-13(25)15-23-14(24-28-15)10-6-7-12(19)11(9-10)18(20,21)22/h6-7,9,13H,4-5,8H2,1-3H3/t13-/m0/s1. The number of carbonyl (C=O) groups is 1. The molecule has 0 unspecified atom stereocenters. The molecule has 0 saturated carbocycles. The highest BCUT2D eigenvalue weighted by Crippen LogP contribution is 2.38. The lowest BCUT2D eigenvalue weighted by atomic mass is 10.1. The zero-order chi connectivity index (χ0) is 20.7. The molecule has 1 aromatic heterocycles. The Morgan fingerprint density at radius 1 is 1.32 bits per heavy atom. The number of nitrogens with zero attached hydrogens (tertiary/aromatic N) is 3. The van der Waals surface area contributed by atoms with Crippen molar-refractivity contribution in [2.45, 2.75) is 51.4 Å². The molecule has 1 aromatic carbocycles. The van der Waals surface area contributed by atoms with E-state index >= 15 is 0 Å². The number of amides is 1. The van der Waals surface area contributed by atoms with Gasteiger partial charge in [0.25, 0.3) is 0 Å². The van der Waals surface area contributed by atoms with Gasteiger partial charge in [-0.2, -0.15) is 18.2 Å². The largest absolute Gasteiger partial charge is 0.444 e. The van der Waals surface area contributed by atoms with Crippen LogP contribution in [-0.2, 0) is 10.9 Å². The van der Waals surface area contributed by atoms with Crippen molar-refractivity contribution in [2.24, 2.45) is 0 Å². The molecule has 1 aliphatic heterocycles. The summed E-state index contributed by atoms with van der Waals surface area (Å²) in [5.74, 6) is 0.207. The molecule has 2 aromatic rings. The number of hydrogen-bond donors (Lipinski definition) is 0. The van der Waals surface area contributed by atoms with Crippen molar-refractivity contribution in [2.75, 3.05) is 6.54 Å². The Hall–Kier alpha value is -2.10. The van der Waals surface area contributed by atoms with Gasteiger partial charge in [0, 0.05) is 16.6 Å². The first-order valence-corrected chi connectivity index (χ1v) is 9.45. The Morgan fingerprint density at radius 3 is 2.68 bits per heavy atom. The molecule has 6 nitrogen and oxygen atoms in total. The third-order valence-electron chi connectivity index (χ3n) is 4.14. The molecule has 28 heavy (non-hydrogen) atoms. The Balaban J connectivity index is 1.85. The first kappa shape index (κ1) is 20.6. The van der Waals surface area contributed by atoms with Gasteiger partial charge in [-0.3, -0.25) is 4.90 Å². The lowest BCUT2D eigenvalue weighted by molar-refractivity contribution is -0.138. The van der Waals surface area contributed by atoms with Gasteiger partial charge in [0.2, 0.25) is 11.7 Å². The van der Waals surface area contributed by atoms with Crippen molar-refractivity contribution in [1.82, 2.24) is 15.0 Å². The fourth-order valence-corrected chi connectivity index (χ4v) is 3.40.